The summed E-state index contributed by atoms with van der Waals surface area (Å²) in [5.41, 5.74) is 17.9. The fourth-order valence-electron chi connectivity index (χ4n) is 5.34. The first kappa shape index (κ1) is 25.1. The number of nitrogens with zero attached hydrogens (tertiary/aromatic N) is 2. The first-order valence-electron chi connectivity index (χ1n) is 12.3. The number of fused-ring (bicyclic) bond motifs is 2. The Morgan fingerprint density at radius 1 is 0.842 bits per heavy atom. The molecule has 11 heteroatoms. The van der Waals surface area contributed by atoms with Gasteiger partial charge in [-0.2, -0.15) is 0 Å². The van der Waals surface area contributed by atoms with Crippen LogP contribution in [0.25, 0.3) is 11.1 Å². The molecule has 194 valence electrons. The standard InChI is InChI=1S/C27H25ClN6O2S2/c1-12-13(4-2-5-14(12)20-22-17(8-10-31-20)33-26(37-22)24(29)35)15-6-3-7-16(19(15)28)21-23-18(9-11-32-21)34-27(38-23)25(30)36/h2-7,20-21,31-32H,8-11H2,1H3,(H2,29,35)(H2,30,36). The molecule has 8 nitrogen and oxygen atoms in total. The second kappa shape index (κ2) is 9.87. The largest absolute Gasteiger partial charge is 0.364 e. The van der Waals surface area contributed by atoms with Crippen molar-refractivity contribution in [1.29, 1.82) is 0 Å². The maximum atomic E-state index is 11.8. The van der Waals surface area contributed by atoms with Crippen molar-refractivity contribution in [2.75, 3.05) is 13.1 Å². The molecule has 0 aliphatic carbocycles. The highest BCUT2D eigenvalue weighted by Crippen LogP contribution is 2.42. The number of thiazole rings is 2. The number of benzene rings is 2. The van der Waals surface area contributed by atoms with Crippen LogP contribution in [0.15, 0.2) is 36.4 Å². The zero-order chi connectivity index (χ0) is 26.6. The van der Waals surface area contributed by atoms with E-state index in [-0.39, 0.29) is 12.1 Å². The molecule has 0 radical (unpaired) electrons. The Morgan fingerprint density at radius 3 is 1.89 bits per heavy atom. The van der Waals surface area contributed by atoms with Crippen molar-refractivity contribution in [3.8, 4) is 11.1 Å². The van der Waals surface area contributed by atoms with E-state index < -0.39 is 11.8 Å². The van der Waals surface area contributed by atoms with E-state index in [4.69, 9.17) is 23.1 Å². The number of carbonyl (C=O) groups excluding carboxylic acids is 2. The van der Waals surface area contributed by atoms with Crippen molar-refractivity contribution in [2.24, 2.45) is 11.5 Å². The molecule has 2 aliphatic heterocycles. The van der Waals surface area contributed by atoms with Crippen molar-refractivity contribution in [3.05, 3.63) is 89.3 Å². The van der Waals surface area contributed by atoms with Gasteiger partial charge in [0.25, 0.3) is 11.8 Å². The number of primary amides is 2. The highest BCUT2D eigenvalue weighted by atomic mass is 35.5. The van der Waals surface area contributed by atoms with Crippen LogP contribution in [0, 0.1) is 6.92 Å². The lowest BCUT2D eigenvalue weighted by atomic mass is 9.89. The van der Waals surface area contributed by atoms with Gasteiger partial charge in [0.2, 0.25) is 0 Å². The van der Waals surface area contributed by atoms with Gasteiger partial charge in [-0.25, -0.2) is 9.97 Å². The first-order chi connectivity index (χ1) is 18.3. The number of hydrogen-bond donors (Lipinski definition) is 4. The van der Waals surface area contributed by atoms with Gasteiger partial charge >= 0.3 is 0 Å². The van der Waals surface area contributed by atoms with Crippen LogP contribution in [-0.2, 0) is 12.8 Å². The molecule has 0 saturated heterocycles. The molecular weight excluding hydrogens is 540 g/mol. The molecule has 6 N–H and O–H groups in total. The van der Waals surface area contributed by atoms with Crippen LogP contribution in [0.1, 0.15) is 69.5 Å². The van der Waals surface area contributed by atoms with E-state index >= 15 is 0 Å². The maximum Gasteiger partial charge on any atom is 0.277 e. The third-order valence-corrected chi connectivity index (χ3v) is 9.91. The van der Waals surface area contributed by atoms with E-state index in [1.54, 1.807) is 0 Å². The van der Waals surface area contributed by atoms with Crippen LogP contribution in [-0.4, -0.2) is 34.9 Å². The molecule has 0 saturated carbocycles. The van der Waals surface area contributed by atoms with Crippen LogP contribution in [0.5, 0.6) is 0 Å². The average molecular weight is 565 g/mol. The number of nitrogens with two attached hydrogens (primary N) is 2. The summed E-state index contributed by atoms with van der Waals surface area (Å²) < 4.78 is 0. The minimum atomic E-state index is -0.515. The monoisotopic (exact) mass is 564 g/mol. The normalized spacial score (nSPS) is 18.6. The smallest absolute Gasteiger partial charge is 0.277 e. The summed E-state index contributed by atoms with van der Waals surface area (Å²) in [4.78, 5) is 34.5. The van der Waals surface area contributed by atoms with Gasteiger partial charge in [0.15, 0.2) is 10.0 Å². The molecular formula is C27H25ClN6O2S2. The Labute approximate surface area is 232 Å². The van der Waals surface area contributed by atoms with E-state index in [0.29, 0.717) is 15.0 Å². The zero-order valence-corrected chi connectivity index (χ0v) is 22.9. The van der Waals surface area contributed by atoms with Crippen molar-refractivity contribution in [1.82, 2.24) is 20.6 Å². The van der Waals surface area contributed by atoms with Gasteiger partial charge in [0.05, 0.1) is 33.4 Å². The lowest BCUT2D eigenvalue weighted by Gasteiger charge is -2.27. The molecule has 2 aromatic heterocycles. The Morgan fingerprint density at radius 2 is 1.34 bits per heavy atom. The van der Waals surface area contributed by atoms with Gasteiger partial charge < -0.3 is 22.1 Å². The average Bonchev–Trinajstić information content (AvgIpc) is 3.54. The van der Waals surface area contributed by atoms with Crippen LogP contribution in [0.4, 0.5) is 0 Å². The second-order valence-corrected chi connectivity index (χ2v) is 11.8. The lowest BCUT2D eigenvalue weighted by Crippen LogP contribution is -2.30. The van der Waals surface area contributed by atoms with Gasteiger partial charge in [0.1, 0.15) is 0 Å². The lowest BCUT2D eigenvalue weighted by molar-refractivity contribution is 0.0991. The molecule has 6 rings (SSSR count). The van der Waals surface area contributed by atoms with E-state index in [1.807, 2.05) is 24.3 Å². The third-order valence-electron chi connectivity index (χ3n) is 7.14. The van der Waals surface area contributed by atoms with E-state index in [2.05, 4.69) is 39.7 Å². The summed E-state index contributed by atoms with van der Waals surface area (Å²) >= 11 is 9.80. The van der Waals surface area contributed by atoms with E-state index in [0.717, 1.165) is 74.9 Å². The van der Waals surface area contributed by atoms with Crippen LogP contribution >= 0.6 is 34.3 Å². The summed E-state index contributed by atoms with van der Waals surface area (Å²) in [6.45, 7) is 3.59. The number of aromatic nitrogens is 2. The van der Waals surface area contributed by atoms with Gasteiger partial charge in [-0.15, -0.1) is 22.7 Å². The summed E-state index contributed by atoms with van der Waals surface area (Å²) in [7, 11) is 0. The third kappa shape index (κ3) is 4.22. The number of carbonyl (C=O) groups is 2. The summed E-state index contributed by atoms with van der Waals surface area (Å²) in [5, 5.41) is 8.45. The molecule has 2 aromatic carbocycles. The molecule has 2 aliphatic rings. The Hall–Kier alpha value is -3.15. The topological polar surface area (TPSA) is 136 Å². The second-order valence-electron chi connectivity index (χ2n) is 9.39. The van der Waals surface area contributed by atoms with Crippen LogP contribution in [0.3, 0.4) is 0 Å². The van der Waals surface area contributed by atoms with E-state index in [9.17, 15) is 9.59 Å². The number of hydrogen-bond acceptors (Lipinski definition) is 8. The molecule has 38 heavy (non-hydrogen) atoms. The molecule has 2 unspecified atom stereocenters. The van der Waals surface area contributed by atoms with Gasteiger partial charge in [-0.05, 0) is 29.2 Å². The fourth-order valence-corrected chi connectivity index (χ4v) is 7.80. The molecule has 0 fully saturated rings. The summed E-state index contributed by atoms with van der Waals surface area (Å²) in [6, 6.07) is 12.0. The zero-order valence-electron chi connectivity index (χ0n) is 20.5. The molecule has 2 atom stereocenters. The maximum absolute atomic E-state index is 11.8. The highest BCUT2D eigenvalue weighted by Gasteiger charge is 2.31. The van der Waals surface area contributed by atoms with Crippen molar-refractivity contribution >= 4 is 46.1 Å². The molecule has 0 bridgehead atoms. The van der Waals surface area contributed by atoms with Crippen LogP contribution < -0.4 is 22.1 Å². The fraction of sp³-hybridized carbons (Fsp3) is 0.259. The van der Waals surface area contributed by atoms with Gasteiger partial charge in [-0.1, -0.05) is 48.0 Å². The Kier molecular flexibility index (Phi) is 6.53. The Bertz CT molecular complexity index is 1480. The van der Waals surface area contributed by atoms with Crippen molar-refractivity contribution in [2.45, 2.75) is 31.8 Å². The highest BCUT2D eigenvalue weighted by molar-refractivity contribution is 7.14. The molecule has 2 amide bonds. The SMILES string of the molecule is Cc1c(-c2cccc(C3NCCc4nc(C(N)=O)sc43)c2Cl)cccc1C1NCCc2nc(C(N)=O)sc21. The van der Waals surface area contributed by atoms with Crippen LogP contribution in [0.2, 0.25) is 5.02 Å². The van der Waals surface area contributed by atoms with Gasteiger partial charge in [0, 0.05) is 36.4 Å². The van der Waals surface area contributed by atoms with Crippen molar-refractivity contribution in [3.63, 3.8) is 0 Å². The van der Waals surface area contributed by atoms with E-state index in [1.165, 1.54) is 22.7 Å². The van der Waals surface area contributed by atoms with Gasteiger partial charge in [-0.3, -0.25) is 9.59 Å². The Balaban J connectivity index is 1.41. The first-order valence-corrected chi connectivity index (χ1v) is 14.3. The summed E-state index contributed by atoms with van der Waals surface area (Å²) in [6.07, 6.45) is 1.49. The quantitative estimate of drug-likeness (QED) is 0.290. The number of rotatable bonds is 5. The number of nitrogens with one attached hydrogen (secondary N) is 2. The minimum absolute atomic E-state index is 0.0850. The molecule has 0 spiro atoms. The number of halogens is 1. The summed E-state index contributed by atoms with van der Waals surface area (Å²) in [5.74, 6) is -1.01. The number of amides is 2. The predicted molar refractivity (Wildman–Crippen MR) is 150 cm³/mol. The molecule has 4 aromatic rings. The van der Waals surface area contributed by atoms with Crippen molar-refractivity contribution < 1.29 is 9.59 Å². The minimum Gasteiger partial charge on any atom is -0.364 e. The predicted octanol–water partition coefficient (Wildman–Crippen LogP) is 3.90. The molecule has 4 heterocycles.